The molecule has 0 bridgehead atoms. The molecule has 10 nitrogen and oxygen atoms in total. The Morgan fingerprint density at radius 3 is 2.45 bits per heavy atom. The molecule has 0 aromatic heterocycles. The van der Waals surface area contributed by atoms with Gasteiger partial charge in [0.2, 0.25) is 11.8 Å². The lowest BCUT2D eigenvalue weighted by molar-refractivity contribution is -0.147. The Kier molecular flexibility index (Phi) is 10.6. The summed E-state index contributed by atoms with van der Waals surface area (Å²) < 4.78 is 5.76. The van der Waals surface area contributed by atoms with Gasteiger partial charge in [0.05, 0.1) is 17.6 Å². The van der Waals surface area contributed by atoms with E-state index in [1.807, 2.05) is 51.1 Å². The minimum Gasteiger partial charge on any atom is -0.481 e. The summed E-state index contributed by atoms with van der Waals surface area (Å²) in [6.45, 7) is 8.34. The van der Waals surface area contributed by atoms with E-state index in [-0.39, 0.29) is 24.1 Å². The number of aliphatic hydroxyl groups excluding tert-OH is 1. The zero-order valence-electron chi connectivity index (χ0n) is 23.5. The third-order valence-corrected chi connectivity index (χ3v) is 7.13. The maximum Gasteiger partial charge on any atom is 0.258 e. The van der Waals surface area contributed by atoms with Gasteiger partial charge in [-0.25, -0.2) is 0 Å². The van der Waals surface area contributed by atoms with Crippen molar-refractivity contribution in [2.75, 3.05) is 23.6 Å². The van der Waals surface area contributed by atoms with E-state index in [0.29, 0.717) is 17.2 Å². The van der Waals surface area contributed by atoms with Crippen LogP contribution in [0.2, 0.25) is 0 Å². The topological polar surface area (TPSA) is 137 Å². The van der Waals surface area contributed by atoms with Gasteiger partial charge in [-0.2, -0.15) is 0 Å². The van der Waals surface area contributed by atoms with Crippen LogP contribution in [0, 0.1) is 6.92 Å². The van der Waals surface area contributed by atoms with Crippen molar-refractivity contribution in [1.29, 1.82) is 0 Å². The highest BCUT2D eigenvalue weighted by Crippen LogP contribution is 2.28. The fourth-order valence-electron chi connectivity index (χ4n) is 4.30. The van der Waals surface area contributed by atoms with E-state index in [0.717, 1.165) is 11.1 Å². The molecular weight excluding hydrogens is 532 g/mol. The summed E-state index contributed by atoms with van der Waals surface area (Å²) in [5.74, 6) is -0.729. The van der Waals surface area contributed by atoms with Crippen molar-refractivity contribution < 1.29 is 29.0 Å². The normalized spacial score (nSPS) is 16.6. The molecule has 0 unspecified atom stereocenters. The number of thioether (sulfide) groups is 1. The Labute approximate surface area is 239 Å². The third-order valence-electron chi connectivity index (χ3n) is 6.12. The molecule has 216 valence electrons. The number of benzene rings is 2. The minimum atomic E-state index is -1.60. The molecule has 1 aliphatic rings. The van der Waals surface area contributed by atoms with Crippen LogP contribution >= 0.6 is 11.8 Å². The number of carbonyl (C=O) groups is 4. The first-order valence-electron chi connectivity index (χ1n) is 13.1. The van der Waals surface area contributed by atoms with Crippen molar-refractivity contribution in [2.24, 2.45) is 0 Å². The zero-order chi connectivity index (χ0) is 29.4. The van der Waals surface area contributed by atoms with Crippen LogP contribution in [0.1, 0.15) is 38.8 Å². The van der Waals surface area contributed by atoms with E-state index < -0.39 is 42.1 Å². The monoisotopic (exact) mass is 570 g/mol. The number of para-hydroxylation sites is 1. The molecule has 11 heteroatoms. The summed E-state index contributed by atoms with van der Waals surface area (Å²) in [6, 6.07) is 12.7. The zero-order valence-corrected chi connectivity index (χ0v) is 24.3. The smallest absolute Gasteiger partial charge is 0.258 e. The van der Waals surface area contributed by atoms with Crippen LogP contribution in [0.3, 0.4) is 0 Å². The number of amides is 4. The highest BCUT2D eigenvalue weighted by Gasteiger charge is 2.40. The van der Waals surface area contributed by atoms with Gasteiger partial charge >= 0.3 is 0 Å². The average molecular weight is 571 g/mol. The standard InChI is InChI=1S/C29H38N4O6S/c1-18-10-9-13-21(30-19(2)34)26(18)39-15-24(35)31-22(14-20-11-7-6-8-12-20)25(36)28(38)33-17-40-16-23(33)27(37)32-29(3,4)5/h6-13,22-23,25,36H,14-17H2,1-5H3,(H,30,34)(H,31,35)(H,32,37)/t22-,23-,25-/m0/s1. The highest BCUT2D eigenvalue weighted by atomic mass is 32.2. The molecule has 0 radical (unpaired) electrons. The maximum atomic E-state index is 13.5. The molecule has 2 aromatic rings. The van der Waals surface area contributed by atoms with Gasteiger partial charge < -0.3 is 30.7 Å². The van der Waals surface area contributed by atoms with E-state index in [2.05, 4.69) is 16.0 Å². The number of rotatable bonds is 10. The Morgan fingerprint density at radius 2 is 1.80 bits per heavy atom. The average Bonchev–Trinajstić information content (AvgIpc) is 3.37. The Morgan fingerprint density at radius 1 is 1.10 bits per heavy atom. The molecule has 2 aromatic carbocycles. The second kappa shape index (κ2) is 13.7. The predicted molar refractivity (Wildman–Crippen MR) is 155 cm³/mol. The third kappa shape index (κ3) is 8.72. The lowest BCUT2D eigenvalue weighted by Gasteiger charge is -2.31. The number of nitrogens with one attached hydrogen (secondary N) is 3. The quantitative estimate of drug-likeness (QED) is 0.344. The minimum absolute atomic E-state index is 0.181. The van der Waals surface area contributed by atoms with Crippen molar-refractivity contribution in [1.82, 2.24) is 15.5 Å². The number of hydrogen-bond donors (Lipinski definition) is 4. The Balaban J connectivity index is 1.75. The van der Waals surface area contributed by atoms with Gasteiger partial charge in [-0.1, -0.05) is 42.5 Å². The first-order chi connectivity index (χ1) is 18.9. The van der Waals surface area contributed by atoms with Gasteiger partial charge in [0.15, 0.2) is 12.7 Å². The number of nitrogens with zero attached hydrogens (tertiary/aromatic N) is 1. The molecule has 0 spiro atoms. The second-order valence-corrected chi connectivity index (χ2v) is 11.8. The van der Waals surface area contributed by atoms with Crippen LogP contribution in [0.15, 0.2) is 48.5 Å². The second-order valence-electron chi connectivity index (χ2n) is 10.8. The number of ether oxygens (including phenoxy) is 1. The SMILES string of the molecule is CC(=O)Nc1cccc(C)c1OCC(=O)N[C@@H](Cc1ccccc1)[C@H](O)C(=O)N1CSC[C@H]1C(=O)NC(C)(C)C. The number of anilines is 1. The van der Waals surface area contributed by atoms with Gasteiger partial charge in [-0.3, -0.25) is 19.2 Å². The fourth-order valence-corrected chi connectivity index (χ4v) is 5.46. The van der Waals surface area contributed by atoms with Crippen LogP contribution in [-0.2, 0) is 25.6 Å². The van der Waals surface area contributed by atoms with E-state index >= 15 is 0 Å². The molecule has 4 amide bonds. The van der Waals surface area contributed by atoms with Crippen LogP contribution in [-0.4, -0.2) is 75.6 Å². The van der Waals surface area contributed by atoms with Crippen LogP contribution < -0.4 is 20.7 Å². The molecule has 4 N–H and O–H groups in total. The lowest BCUT2D eigenvalue weighted by atomic mass is 9.99. The van der Waals surface area contributed by atoms with Crippen LogP contribution in [0.5, 0.6) is 5.75 Å². The van der Waals surface area contributed by atoms with Gasteiger partial charge in [-0.15, -0.1) is 11.8 Å². The maximum absolute atomic E-state index is 13.5. The molecule has 1 fully saturated rings. The van der Waals surface area contributed by atoms with Gasteiger partial charge in [0, 0.05) is 18.2 Å². The number of hydrogen-bond acceptors (Lipinski definition) is 7. The molecule has 40 heavy (non-hydrogen) atoms. The van der Waals surface area contributed by atoms with E-state index in [1.54, 1.807) is 25.1 Å². The van der Waals surface area contributed by atoms with Gasteiger partial charge in [0.25, 0.3) is 11.8 Å². The van der Waals surface area contributed by atoms with Gasteiger partial charge in [-0.05, 0) is 51.3 Å². The molecule has 3 atom stereocenters. The fraction of sp³-hybridized carbons (Fsp3) is 0.448. The highest BCUT2D eigenvalue weighted by molar-refractivity contribution is 7.99. The van der Waals surface area contributed by atoms with E-state index in [4.69, 9.17) is 4.74 Å². The number of aliphatic hydroxyl groups is 1. The summed E-state index contributed by atoms with van der Waals surface area (Å²) in [6.07, 6.45) is -1.41. The molecule has 0 saturated carbocycles. The number of aryl methyl sites for hydroxylation is 1. The predicted octanol–water partition coefficient (Wildman–Crippen LogP) is 2.24. The molecule has 1 aliphatic heterocycles. The van der Waals surface area contributed by atoms with Gasteiger partial charge in [0.1, 0.15) is 11.8 Å². The van der Waals surface area contributed by atoms with Crippen LogP contribution in [0.25, 0.3) is 0 Å². The molecule has 1 heterocycles. The molecule has 3 rings (SSSR count). The lowest BCUT2D eigenvalue weighted by Crippen LogP contribution is -2.58. The molecule has 1 saturated heterocycles. The van der Waals surface area contributed by atoms with E-state index in [9.17, 15) is 24.3 Å². The van der Waals surface area contributed by atoms with E-state index in [1.165, 1.54) is 23.6 Å². The first kappa shape index (κ1) is 31.0. The Bertz CT molecular complexity index is 1220. The van der Waals surface area contributed by atoms with Crippen LogP contribution in [0.4, 0.5) is 5.69 Å². The summed E-state index contributed by atoms with van der Waals surface area (Å²) in [4.78, 5) is 52.3. The number of carbonyl (C=O) groups excluding carboxylic acids is 4. The van der Waals surface area contributed by atoms with Crippen molar-refractivity contribution in [2.45, 2.75) is 64.8 Å². The Hall–Kier alpha value is -3.57. The summed E-state index contributed by atoms with van der Waals surface area (Å²) in [7, 11) is 0. The summed E-state index contributed by atoms with van der Waals surface area (Å²) in [5, 5.41) is 19.5. The summed E-state index contributed by atoms with van der Waals surface area (Å²) in [5.41, 5.74) is 1.49. The van der Waals surface area contributed by atoms with Crippen molar-refractivity contribution >= 4 is 41.1 Å². The molecular formula is C29H38N4O6S. The summed E-state index contributed by atoms with van der Waals surface area (Å²) >= 11 is 1.43. The van der Waals surface area contributed by atoms with Crippen molar-refractivity contribution in [3.63, 3.8) is 0 Å². The van der Waals surface area contributed by atoms with Crippen molar-refractivity contribution in [3.8, 4) is 5.75 Å². The van der Waals surface area contributed by atoms with Crippen molar-refractivity contribution in [3.05, 3.63) is 59.7 Å². The molecule has 0 aliphatic carbocycles. The largest absolute Gasteiger partial charge is 0.481 e. The first-order valence-corrected chi connectivity index (χ1v) is 14.2.